The second-order valence-electron chi connectivity index (χ2n) is 7.44. The van der Waals surface area contributed by atoms with Crippen LogP contribution < -0.4 is 9.64 Å². The number of fused-ring (bicyclic) bond motifs is 3. The molecule has 142 valence electrons. The van der Waals surface area contributed by atoms with Gasteiger partial charge < -0.3 is 9.64 Å². The number of nitrogens with zero attached hydrogens (tertiary/aromatic N) is 1. The lowest BCUT2D eigenvalue weighted by atomic mass is 9.77. The van der Waals surface area contributed by atoms with Crippen molar-refractivity contribution < 1.29 is 4.74 Å². The first-order chi connectivity index (χ1) is 14.3. The molecule has 4 aromatic rings. The summed E-state index contributed by atoms with van der Waals surface area (Å²) in [6.45, 7) is 0. The largest absolute Gasteiger partial charge is 0.496 e. The average molecular weight is 377 g/mol. The minimum Gasteiger partial charge on any atom is -0.496 e. The van der Waals surface area contributed by atoms with Crippen molar-refractivity contribution in [1.82, 2.24) is 0 Å². The van der Waals surface area contributed by atoms with Crippen LogP contribution in [0.5, 0.6) is 5.75 Å². The molecule has 5 rings (SSSR count). The summed E-state index contributed by atoms with van der Waals surface area (Å²) in [5.74, 6) is 0.886. The molecule has 1 unspecified atom stereocenters. The minimum atomic E-state index is -0.455. The molecule has 4 aromatic carbocycles. The zero-order valence-electron chi connectivity index (χ0n) is 16.7. The van der Waals surface area contributed by atoms with Crippen molar-refractivity contribution in [3.05, 3.63) is 114 Å². The molecule has 0 spiro atoms. The average Bonchev–Trinajstić information content (AvgIpc) is 2.80. The van der Waals surface area contributed by atoms with Gasteiger partial charge in [-0.15, -0.1) is 0 Å². The maximum atomic E-state index is 5.79. The lowest BCUT2D eigenvalue weighted by Crippen LogP contribution is -2.45. The number of para-hydroxylation sites is 1. The van der Waals surface area contributed by atoms with E-state index in [1.54, 1.807) is 7.11 Å². The number of rotatable bonds is 3. The van der Waals surface area contributed by atoms with Gasteiger partial charge in [-0.25, -0.2) is 0 Å². The summed E-state index contributed by atoms with van der Waals surface area (Å²) in [6, 6.07) is 32.0. The fraction of sp³-hybridized carbons (Fsp3) is 0.111. The second-order valence-corrected chi connectivity index (χ2v) is 7.44. The standard InChI is InChI=1S/C27H23NO/c1-28-25-17-16-20-10-6-7-13-22(20)23(25)18-19-27(28,21-11-4-3-5-12-21)24-14-8-9-15-26(24)29-2/h3-19H,1-2H3. The third-order valence-corrected chi connectivity index (χ3v) is 6.06. The molecule has 0 amide bonds. The van der Waals surface area contributed by atoms with Crippen LogP contribution in [-0.2, 0) is 5.54 Å². The lowest BCUT2D eigenvalue weighted by molar-refractivity contribution is 0.401. The highest BCUT2D eigenvalue weighted by Crippen LogP contribution is 2.48. The molecule has 0 aliphatic carbocycles. The Bertz CT molecular complexity index is 1210. The smallest absolute Gasteiger partial charge is 0.125 e. The van der Waals surface area contributed by atoms with E-state index in [2.05, 4.69) is 103 Å². The van der Waals surface area contributed by atoms with E-state index >= 15 is 0 Å². The van der Waals surface area contributed by atoms with Gasteiger partial charge in [0, 0.05) is 23.9 Å². The molecule has 1 atom stereocenters. The highest BCUT2D eigenvalue weighted by atomic mass is 16.5. The molecule has 2 heteroatoms. The van der Waals surface area contributed by atoms with Crippen LogP contribution in [-0.4, -0.2) is 14.2 Å². The van der Waals surface area contributed by atoms with Crippen LogP contribution in [0.4, 0.5) is 5.69 Å². The Labute approximate surface area is 171 Å². The van der Waals surface area contributed by atoms with Gasteiger partial charge in [-0.3, -0.25) is 0 Å². The zero-order valence-corrected chi connectivity index (χ0v) is 16.7. The van der Waals surface area contributed by atoms with E-state index < -0.39 is 5.54 Å². The zero-order chi connectivity index (χ0) is 19.8. The third kappa shape index (κ3) is 2.56. The Hall–Kier alpha value is -3.52. The predicted molar refractivity (Wildman–Crippen MR) is 122 cm³/mol. The molecule has 1 aliphatic heterocycles. The van der Waals surface area contributed by atoms with Crippen LogP contribution in [0, 0.1) is 0 Å². The highest BCUT2D eigenvalue weighted by Gasteiger charge is 2.41. The molecule has 0 saturated heterocycles. The Kier molecular flexibility index (Phi) is 4.13. The Morgan fingerprint density at radius 2 is 1.48 bits per heavy atom. The fourth-order valence-electron chi connectivity index (χ4n) is 4.63. The van der Waals surface area contributed by atoms with E-state index in [1.165, 1.54) is 27.6 Å². The lowest BCUT2D eigenvalue weighted by Gasteiger charge is -2.45. The van der Waals surface area contributed by atoms with Gasteiger partial charge in [-0.05, 0) is 34.5 Å². The van der Waals surface area contributed by atoms with E-state index in [0.717, 1.165) is 11.3 Å². The van der Waals surface area contributed by atoms with Gasteiger partial charge in [-0.1, -0.05) is 84.9 Å². The van der Waals surface area contributed by atoms with Gasteiger partial charge in [0.1, 0.15) is 11.3 Å². The molecule has 0 fully saturated rings. The number of hydrogen-bond donors (Lipinski definition) is 0. The maximum Gasteiger partial charge on any atom is 0.125 e. The maximum absolute atomic E-state index is 5.79. The molecule has 2 nitrogen and oxygen atoms in total. The summed E-state index contributed by atoms with van der Waals surface area (Å²) in [6.07, 6.45) is 4.59. The van der Waals surface area contributed by atoms with Crippen molar-refractivity contribution in [2.75, 3.05) is 19.1 Å². The highest BCUT2D eigenvalue weighted by molar-refractivity contribution is 5.98. The Balaban J connectivity index is 1.82. The number of hydrogen-bond acceptors (Lipinski definition) is 2. The third-order valence-electron chi connectivity index (χ3n) is 6.06. The van der Waals surface area contributed by atoms with E-state index in [0.29, 0.717) is 0 Å². The first-order valence-corrected chi connectivity index (χ1v) is 9.89. The fourth-order valence-corrected chi connectivity index (χ4v) is 4.63. The molecule has 0 bridgehead atoms. The Morgan fingerprint density at radius 1 is 0.759 bits per heavy atom. The molecular weight excluding hydrogens is 354 g/mol. The number of likely N-dealkylation sites (N-methyl/N-ethyl adjacent to an activating group) is 1. The van der Waals surface area contributed by atoms with Gasteiger partial charge in [-0.2, -0.15) is 0 Å². The van der Waals surface area contributed by atoms with Gasteiger partial charge >= 0.3 is 0 Å². The van der Waals surface area contributed by atoms with Crippen LogP contribution in [0.25, 0.3) is 16.8 Å². The molecule has 0 aromatic heterocycles. The number of benzene rings is 4. The molecule has 29 heavy (non-hydrogen) atoms. The topological polar surface area (TPSA) is 12.5 Å². The summed E-state index contributed by atoms with van der Waals surface area (Å²) >= 11 is 0. The van der Waals surface area contributed by atoms with Crippen LogP contribution in [0.15, 0.2) is 97.1 Å². The predicted octanol–water partition coefficient (Wildman–Crippen LogP) is 6.26. The van der Waals surface area contributed by atoms with E-state index in [-0.39, 0.29) is 0 Å². The van der Waals surface area contributed by atoms with E-state index in [9.17, 15) is 0 Å². The van der Waals surface area contributed by atoms with Crippen molar-refractivity contribution in [3.8, 4) is 5.75 Å². The van der Waals surface area contributed by atoms with Crippen molar-refractivity contribution in [2.45, 2.75) is 5.54 Å². The molecular formula is C27H23NO. The van der Waals surface area contributed by atoms with Crippen LogP contribution in [0.2, 0.25) is 0 Å². The number of anilines is 1. The van der Waals surface area contributed by atoms with Crippen molar-refractivity contribution >= 4 is 22.5 Å². The second kappa shape index (κ2) is 6.82. The molecule has 1 heterocycles. The normalized spacial score (nSPS) is 17.9. The van der Waals surface area contributed by atoms with Crippen molar-refractivity contribution in [2.24, 2.45) is 0 Å². The summed E-state index contributed by atoms with van der Waals surface area (Å²) in [4.78, 5) is 2.38. The van der Waals surface area contributed by atoms with Gasteiger partial charge in [0.25, 0.3) is 0 Å². The van der Waals surface area contributed by atoms with E-state index in [4.69, 9.17) is 4.74 Å². The van der Waals surface area contributed by atoms with Crippen molar-refractivity contribution in [1.29, 1.82) is 0 Å². The van der Waals surface area contributed by atoms with E-state index in [1.807, 2.05) is 12.1 Å². The van der Waals surface area contributed by atoms with Crippen LogP contribution in [0.3, 0.4) is 0 Å². The Morgan fingerprint density at radius 3 is 2.31 bits per heavy atom. The molecule has 1 aliphatic rings. The summed E-state index contributed by atoms with van der Waals surface area (Å²) in [7, 11) is 3.92. The SMILES string of the molecule is COc1ccccc1C1(c2ccccc2)C=Cc2c(ccc3ccccc23)N1C. The summed E-state index contributed by atoms with van der Waals surface area (Å²) in [5, 5.41) is 2.53. The first kappa shape index (κ1) is 17.6. The molecule has 0 radical (unpaired) electrons. The minimum absolute atomic E-state index is 0.455. The van der Waals surface area contributed by atoms with Crippen molar-refractivity contribution in [3.63, 3.8) is 0 Å². The van der Waals surface area contributed by atoms with Crippen LogP contribution >= 0.6 is 0 Å². The quantitative estimate of drug-likeness (QED) is 0.418. The van der Waals surface area contributed by atoms with Crippen LogP contribution in [0.1, 0.15) is 16.7 Å². The van der Waals surface area contributed by atoms with Gasteiger partial charge in [0.2, 0.25) is 0 Å². The first-order valence-electron chi connectivity index (χ1n) is 9.89. The molecule has 0 saturated carbocycles. The van der Waals surface area contributed by atoms with Gasteiger partial charge in [0.15, 0.2) is 0 Å². The number of methoxy groups -OCH3 is 1. The molecule has 0 N–H and O–H groups in total. The van der Waals surface area contributed by atoms with Gasteiger partial charge in [0.05, 0.1) is 7.11 Å². The summed E-state index contributed by atoms with van der Waals surface area (Å²) < 4.78 is 5.79. The monoisotopic (exact) mass is 377 g/mol. The summed E-state index contributed by atoms with van der Waals surface area (Å²) in [5.41, 5.74) is 4.35. The number of ether oxygens (including phenoxy) is 1.